The van der Waals surface area contributed by atoms with E-state index in [1.165, 1.54) is 7.11 Å². The number of amides is 2. The zero-order valence-electron chi connectivity index (χ0n) is 12.7. The van der Waals surface area contributed by atoms with Crippen molar-refractivity contribution in [3.8, 4) is 5.75 Å². The number of rotatable bonds is 9. The highest BCUT2D eigenvalue weighted by Crippen LogP contribution is 2.16. The van der Waals surface area contributed by atoms with Crippen molar-refractivity contribution in [1.29, 1.82) is 0 Å². The van der Waals surface area contributed by atoms with Crippen molar-refractivity contribution in [1.82, 2.24) is 10.6 Å². The minimum Gasteiger partial charge on any atom is -0.481 e. The van der Waals surface area contributed by atoms with Crippen LogP contribution < -0.4 is 15.4 Å². The van der Waals surface area contributed by atoms with Crippen LogP contribution >= 0.6 is 11.6 Å². The second-order valence-corrected chi connectivity index (χ2v) is 5.03. The highest BCUT2D eigenvalue weighted by molar-refractivity contribution is 6.30. The third kappa shape index (κ3) is 7.28. The summed E-state index contributed by atoms with van der Waals surface area (Å²) < 4.78 is 10.3. The molecule has 0 bridgehead atoms. The second kappa shape index (κ2) is 10.0. The van der Waals surface area contributed by atoms with Crippen molar-refractivity contribution < 1.29 is 19.1 Å². The van der Waals surface area contributed by atoms with Crippen LogP contribution in [-0.2, 0) is 14.3 Å². The summed E-state index contributed by atoms with van der Waals surface area (Å²) in [6.07, 6.45) is -0.328. The molecule has 1 rings (SSSR count). The molecule has 0 saturated heterocycles. The maximum absolute atomic E-state index is 11.8. The minimum absolute atomic E-state index is 0.110. The lowest BCUT2D eigenvalue weighted by molar-refractivity contribution is -0.127. The van der Waals surface area contributed by atoms with Crippen LogP contribution in [-0.4, -0.2) is 44.7 Å². The Kier molecular flexibility index (Phi) is 8.32. The van der Waals surface area contributed by atoms with Crippen molar-refractivity contribution in [2.45, 2.75) is 19.4 Å². The van der Waals surface area contributed by atoms with E-state index in [1.54, 1.807) is 31.2 Å². The van der Waals surface area contributed by atoms with Gasteiger partial charge in [-0.2, -0.15) is 0 Å². The number of methoxy groups -OCH3 is 1. The second-order valence-electron chi connectivity index (χ2n) is 4.60. The smallest absolute Gasteiger partial charge is 0.260 e. The quantitative estimate of drug-likeness (QED) is 0.671. The topological polar surface area (TPSA) is 76.7 Å². The van der Waals surface area contributed by atoms with Crippen LogP contribution in [0.4, 0.5) is 0 Å². The van der Waals surface area contributed by atoms with Gasteiger partial charge in [-0.15, -0.1) is 0 Å². The fourth-order valence-corrected chi connectivity index (χ4v) is 1.71. The minimum atomic E-state index is -0.634. The molecule has 0 aliphatic rings. The Morgan fingerprint density at radius 3 is 2.45 bits per heavy atom. The molecule has 0 aliphatic heterocycles. The van der Waals surface area contributed by atoms with Gasteiger partial charge < -0.3 is 20.1 Å². The van der Waals surface area contributed by atoms with Gasteiger partial charge >= 0.3 is 0 Å². The summed E-state index contributed by atoms with van der Waals surface area (Å²) >= 11 is 5.78. The summed E-state index contributed by atoms with van der Waals surface area (Å²) in [6, 6.07) is 6.78. The van der Waals surface area contributed by atoms with Crippen molar-refractivity contribution >= 4 is 23.4 Å². The molecular formula is C15H21ClN2O4. The Hall–Kier alpha value is -1.79. The first-order valence-corrected chi connectivity index (χ1v) is 7.36. The van der Waals surface area contributed by atoms with Crippen LogP contribution in [0.2, 0.25) is 5.02 Å². The molecule has 0 fully saturated rings. The van der Waals surface area contributed by atoms with E-state index in [2.05, 4.69) is 10.6 Å². The molecule has 0 aromatic heterocycles. The maximum atomic E-state index is 11.8. The molecule has 0 heterocycles. The molecule has 1 aromatic carbocycles. The van der Waals surface area contributed by atoms with Crippen LogP contribution in [0.25, 0.3) is 0 Å². The lowest BCUT2D eigenvalue weighted by atomic mass is 10.3. The van der Waals surface area contributed by atoms with Crippen molar-refractivity contribution in [3.05, 3.63) is 29.3 Å². The largest absolute Gasteiger partial charge is 0.481 e. The molecule has 22 heavy (non-hydrogen) atoms. The van der Waals surface area contributed by atoms with E-state index in [0.717, 1.165) is 0 Å². The van der Waals surface area contributed by atoms with Crippen LogP contribution in [0, 0.1) is 0 Å². The molecule has 0 saturated carbocycles. The molecule has 1 aromatic rings. The fraction of sp³-hybridized carbons (Fsp3) is 0.467. The molecule has 2 N–H and O–H groups in total. The number of hydrogen-bond acceptors (Lipinski definition) is 4. The van der Waals surface area contributed by atoms with Gasteiger partial charge in [0.1, 0.15) is 5.75 Å². The number of ether oxygens (including phenoxy) is 2. The van der Waals surface area contributed by atoms with Crippen LogP contribution in [0.15, 0.2) is 24.3 Å². The Morgan fingerprint density at radius 2 is 1.82 bits per heavy atom. The predicted molar refractivity (Wildman–Crippen MR) is 84.1 cm³/mol. The average Bonchev–Trinajstić information content (AvgIpc) is 2.51. The van der Waals surface area contributed by atoms with Gasteiger partial charge in [0.15, 0.2) is 6.10 Å². The monoisotopic (exact) mass is 328 g/mol. The van der Waals surface area contributed by atoms with Gasteiger partial charge in [-0.3, -0.25) is 9.59 Å². The fourth-order valence-electron chi connectivity index (χ4n) is 1.59. The van der Waals surface area contributed by atoms with E-state index in [-0.39, 0.29) is 11.8 Å². The van der Waals surface area contributed by atoms with Crippen molar-refractivity contribution in [2.24, 2.45) is 0 Å². The average molecular weight is 329 g/mol. The first kappa shape index (κ1) is 18.3. The molecule has 1 atom stereocenters. The predicted octanol–water partition coefficient (Wildman–Crippen LogP) is 1.38. The van der Waals surface area contributed by atoms with Gasteiger partial charge in [0.05, 0.1) is 6.61 Å². The Balaban J connectivity index is 2.21. The van der Waals surface area contributed by atoms with Crippen LogP contribution in [0.1, 0.15) is 13.3 Å². The number of nitrogens with one attached hydrogen (secondary N) is 2. The van der Waals surface area contributed by atoms with Gasteiger partial charge in [0.25, 0.3) is 5.91 Å². The molecule has 1 unspecified atom stereocenters. The molecule has 6 nitrogen and oxygen atoms in total. The highest BCUT2D eigenvalue weighted by atomic mass is 35.5. The van der Waals surface area contributed by atoms with Gasteiger partial charge in [-0.1, -0.05) is 11.6 Å². The number of halogens is 1. The summed E-state index contributed by atoms with van der Waals surface area (Å²) in [6.45, 7) is 2.74. The third-order valence-electron chi connectivity index (χ3n) is 2.78. The number of hydrogen-bond donors (Lipinski definition) is 2. The Labute approximate surface area is 135 Å². The summed E-state index contributed by atoms with van der Waals surface area (Å²) in [5.74, 6) is 0.211. The zero-order chi connectivity index (χ0) is 16.4. The molecule has 122 valence electrons. The molecule has 2 amide bonds. The first-order valence-electron chi connectivity index (χ1n) is 6.98. The molecule has 0 radical (unpaired) electrons. The lowest BCUT2D eigenvalue weighted by Gasteiger charge is -2.15. The first-order chi connectivity index (χ1) is 10.5. The molecule has 0 aliphatic carbocycles. The van der Waals surface area contributed by atoms with Gasteiger partial charge in [0, 0.05) is 31.6 Å². The van der Waals surface area contributed by atoms with Gasteiger partial charge in [-0.05, 0) is 31.2 Å². The zero-order valence-corrected chi connectivity index (χ0v) is 13.5. The Morgan fingerprint density at radius 1 is 1.18 bits per heavy atom. The molecular weight excluding hydrogens is 308 g/mol. The normalized spacial score (nSPS) is 11.6. The van der Waals surface area contributed by atoms with Crippen molar-refractivity contribution in [2.75, 3.05) is 26.8 Å². The van der Waals surface area contributed by atoms with E-state index in [4.69, 9.17) is 21.1 Å². The standard InChI is InChI=1S/C15H21ClN2O4/c1-11(22-13-5-3-12(16)4-6-13)15(20)18-9-8-17-14(19)7-10-21-2/h3-6,11H,7-10H2,1-2H3,(H,17,19)(H,18,20). The number of benzene rings is 1. The van der Waals surface area contributed by atoms with Crippen LogP contribution in [0.5, 0.6) is 5.75 Å². The highest BCUT2D eigenvalue weighted by Gasteiger charge is 2.13. The van der Waals surface area contributed by atoms with Gasteiger partial charge in [-0.25, -0.2) is 0 Å². The van der Waals surface area contributed by atoms with E-state index in [1.807, 2.05) is 0 Å². The van der Waals surface area contributed by atoms with E-state index in [0.29, 0.717) is 36.9 Å². The summed E-state index contributed by atoms with van der Waals surface area (Å²) in [5, 5.41) is 5.97. The molecule has 7 heteroatoms. The van der Waals surface area contributed by atoms with E-state index >= 15 is 0 Å². The third-order valence-corrected chi connectivity index (χ3v) is 3.03. The van der Waals surface area contributed by atoms with Crippen LogP contribution in [0.3, 0.4) is 0 Å². The SMILES string of the molecule is COCCC(=O)NCCNC(=O)C(C)Oc1ccc(Cl)cc1. The summed E-state index contributed by atoms with van der Waals surface area (Å²) in [7, 11) is 1.54. The summed E-state index contributed by atoms with van der Waals surface area (Å²) in [4.78, 5) is 23.1. The Bertz CT molecular complexity index is 479. The maximum Gasteiger partial charge on any atom is 0.260 e. The number of carbonyl (C=O) groups is 2. The molecule has 0 spiro atoms. The van der Waals surface area contributed by atoms with Gasteiger partial charge in [0.2, 0.25) is 5.91 Å². The lowest BCUT2D eigenvalue weighted by Crippen LogP contribution is -2.40. The van der Waals surface area contributed by atoms with E-state index < -0.39 is 6.10 Å². The van der Waals surface area contributed by atoms with Crippen molar-refractivity contribution in [3.63, 3.8) is 0 Å². The van der Waals surface area contributed by atoms with E-state index in [9.17, 15) is 9.59 Å². The number of carbonyl (C=O) groups excluding carboxylic acids is 2. The summed E-state index contributed by atoms with van der Waals surface area (Å²) in [5.41, 5.74) is 0.